The van der Waals surface area contributed by atoms with Gasteiger partial charge in [0.05, 0.1) is 11.6 Å². The topological polar surface area (TPSA) is 75.9 Å². The van der Waals surface area contributed by atoms with E-state index in [4.69, 9.17) is 0 Å². The molecule has 29 heavy (non-hydrogen) atoms. The van der Waals surface area contributed by atoms with Gasteiger partial charge in [-0.3, -0.25) is 4.79 Å². The molecule has 3 heterocycles. The number of carbonyl (C=O) groups is 1. The zero-order chi connectivity index (χ0) is 20.5. The smallest absolute Gasteiger partial charge is 0.231 e. The van der Waals surface area contributed by atoms with Crippen LogP contribution in [0, 0.1) is 19.8 Å². The summed E-state index contributed by atoms with van der Waals surface area (Å²) < 4.78 is 1.81. The number of aryl methyl sites for hydroxylation is 2. The van der Waals surface area contributed by atoms with Crippen molar-refractivity contribution in [3.63, 3.8) is 0 Å². The normalized spacial score (nSPS) is 14.2. The van der Waals surface area contributed by atoms with Crippen molar-refractivity contribution in [2.45, 2.75) is 33.6 Å². The van der Waals surface area contributed by atoms with E-state index in [-0.39, 0.29) is 11.8 Å². The highest BCUT2D eigenvalue weighted by atomic mass is 16.2. The summed E-state index contributed by atoms with van der Waals surface area (Å²) >= 11 is 0. The summed E-state index contributed by atoms with van der Waals surface area (Å²) in [5.41, 5.74) is 4.03. The van der Waals surface area contributed by atoms with Crippen molar-refractivity contribution < 1.29 is 4.79 Å². The predicted molar refractivity (Wildman–Crippen MR) is 113 cm³/mol. The fourth-order valence-electron chi connectivity index (χ4n) is 3.67. The van der Waals surface area contributed by atoms with Gasteiger partial charge in [-0.25, -0.2) is 14.6 Å². The second kappa shape index (κ2) is 7.66. The van der Waals surface area contributed by atoms with E-state index in [1.54, 1.807) is 6.33 Å². The summed E-state index contributed by atoms with van der Waals surface area (Å²) in [6.07, 6.45) is 1.55. The average Bonchev–Trinajstić information content (AvgIpc) is 2.99. The third kappa shape index (κ3) is 3.85. The van der Waals surface area contributed by atoms with Crippen LogP contribution in [0.3, 0.4) is 0 Å². The number of para-hydroxylation sites is 1. The number of aromatic nitrogens is 4. The number of benzene rings is 1. The molecule has 1 amide bonds. The fraction of sp³-hybridized carbons (Fsp3) is 0.364. The minimum absolute atomic E-state index is 0.0534. The van der Waals surface area contributed by atoms with E-state index in [2.05, 4.69) is 45.2 Å². The van der Waals surface area contributed by atoms with Gasteiger partial charge in [-0.1, -0.05) is 32.0 Å². The molecule has 4 rings (SSSR count). The standard InChI is InChI=1S/C22H26N6O/c1-14(2)18-7-5-6-8-19(18)25-22(29)17-11-27(12-17)20-10-21(24-13-23-20)28-16(4)9-15(3)26-28/h5-10,13-14,17H,11-12H2,1-4H3,(H,25,29). The molecular weight excluding hydrogens is 364 g/mol. The highest BCUT2D eigenvalue weighted by Gasteiger charge is 2.34. The molecule has 0 atom stereocenters. The van der Waals surface area contributed by atoms with Crippen molar-refractivity contribution in [3.8, 4) is 5.82 Å². The van der Waals surface area contributed by atoms with Gasteiger partial charge in [0.15, 0.2) is 5.82 Å². The molecule has 1 N–H and O–H groups in total. The van der Waals surface area contributed by atoms with Gasteiger partial charge in [-0.05, 0) is 37.5 Å². The number of nitrogens with zero attached hydrogens (tertiary/aromatic N) is 5. The second-order valence-corrected chi connectivity index (χ2v) is 7.91. The molecule has 0 spiro atoms. The van der Waals surface area contributed by atoms with Gasteiger partial charge in [0.25, 0.3) is 0 Å². The van der Waals surface area contributed by atoms with Crippen LogP contribution in [0.1, 0.15) is 36.7 Å². The molecular formula is C22H26N6O. The summed E-state index contributed by atoms with van der Waals surface area (Å²) in [4.78, 5) is 23.5. The van der Waals surface area contributed by atoms with Crippen LogP contribution in [0.4, 0.5) is 11.5 Å². The Labute approximate surface area is 170 Å². The van der Waals surface area contributed by atoms with Gasteiger partial charge in [-0.15, -0.1) is 0 Å². The summed E-state index contributed by atoms with van der Waals surface area (Å²) in [5, 5.41) is 7.58. The van der Waals surface area contributed by atoms with Crippen LogP contribution in [0.2, 0.25) is 0 Å². The van der Waals surface area contributed by atoms with Crippen molar-refractivity contribution in [1.82, 2.24) is 19.7 Å². The lowest BCUT2D eigenvalue weighted by molar-refractivity contribution is -0.120. The first-order valence-electron chi connectivity index (χ1n) is 9.93. The SMILES string of the molecule is Cc1cc(C)n(-c2cc(N3CC(C(=O)Nc4ccccc4C(C)C)C3)ncn2)n1. The van der Waals surface area contributed by atoms with Gasteiger partial charge >= 0.3 is 0 Å². The Bertz CT molecular complexity index is 1040. The summed E-state index contributed by atoms with van der Waals surface area (Å²) in [6.45, 7) is 9.51. The van der Waals surface area contributed by atoms with Crippen LogP contribution >= 0.6 is 0 Å². The van der Waals surface area contributed by atoms with E-state index >= 15 is 0 Å². The minimum atomic E-state index is -0.0534. The molecule has 1 aromatic carbocycles. The maximum absolute atomic E-state index is 12.7. The lowest BCUT2D eigenvalue weighted by Crippen LogP contribution is -2.52. The second-order valence-electron chi connectivity index (χ2n) is 7.91. The van der Waals surface area contributed by atoms with E-state index in [0.29, 0.717) is 19.0 Å². The number of hydrogen-bond donors (Lipinski definition) is 1. The largest absolute Gasteiger partial charge is 0.355 e. The summed E-state index contributed by atoms with van der Waals surface area (Å²) in [6, 6.07) is 11.9. The molecule has 1 saturated heterocycles. The fourth-order valence-corrected chi connectivity index (χ4v) is 3.67. The van der Waals surface area contributed by atoms with Crippen molar-refractivity contribution in [2.24, 2.45) is 5.92 Å². The predicted octanol–water partition coefficient (Wildman–Crippen LogP) is 3.48. The van der Waals surface area contributed by atoms with E-state index in [9.17, 15) is 4.79 Å². The number of amides is 1. The van der Waals surface area contributed by atoms with Crippen LogP contribution in [-0.4, -0.2) is 38.7 Å². The van der Waals surface area contributed by atoms with E-state index in [1.807, 2.05) is 48.9 Å². The zero-order valence-corrected chi connectivity index (χ0v) is 17.3. The molecule has 7 nitrogen and oxygen atoms in total. The number of hydrogen-bond acceptors (Lipinski definition) is 5. The van der Waals surface area contributed by atoms with E-state index in [0.717, 1.165) is 34.3 Å². The van der Waals surface area contributed by atoms with Gasteiger partial charge in [-0.2, -0.15) is 5.10 Å². The highest BCUT2D eigenvalue weighted by molar-refractivity contribution is 5.95. The van der Waals surface area contributed by atoms with Crippen LogP contribution < -0.4 is 10.2 Å². The molecule has 7 heteroatoms. The molecule has 1 aliphatic rings. The van der Waals surface area contributed by atoms with Crippen molar-refractivity contribution in [1.29, 1.82) is 0 Å². The van der Waals surface area contributed by atoms with Gasteiger partial charge in [0.1, 0.15) is 12.1 Å². The summed E-state index contributed by atoms with van der Waals surface area (Å²) in [5.74, 6) is 1.91. The first-order chi connectivity index (χ1) is 13.9. The molecule has 0 aliphatic carbocycles. The molecule has 0 saturated carbocycles. The molecule has 1 aliphatic heterocycles. The zero-order valence-electron chi connectivity index (χ0n) is 17.3. The average molecular weight is 390 g/mol. The van der Waals surface area contributed by atoms with Crippen molar-refractivity contribution in [3.05, 3.63) is 59.7 Å². The van der Waals surface area contributed by atoms with Crippen LogP contribution in [0.15, 0.2) is 42.7 Å². The first kappa shape index (κ1) is 19.1. The quantitative estimate of drug-likeness (QED) is 0.722. The Kier molecular flexibility index (Phi) is 5.05. The number of anilines is 2. The Morgan fingerprint density at radius 2 is 1.83 bits per heavy atom. The number of carbonyl (C=O) groups excluding carboxylic acids is 1. The van der Waals surface area contributed by atoms with Gasteiger partial charge in [0, 0.05) is 30.5 Å². The molecule has 3 aromatic rings. The highest BCUT2D eigenvalue weighted by Crippen LogP contribution is 2.27. The lowest BCUT2D eigenvalue weighted by atomic mass is 9.97. The first-order valence-corrected chi connectivity index (χ1v) is 9.93. The molecule has 0 unspecified atom stereocenters. The van der Waals surface area contributed by atoms with Crippen LogP contribution in [0.25, 0.3) is 5.82 Å². The molecule has 0 bridgehead atoms. The maximum atomic E-state index is 12.7. The molecule has 1 fully saturated rings. The van der Waals surface area contributed by atoms with Crippen LogP contribution in [0.5, 0.6) is 0 Å². The van der Waals surface area contributed by atoms with Crippen molar-refractivity contribution >= 4 is 17.4 Å². The van der Waals surface area contributed by atoms with Gasteiger partial charge in [0.2, 0.25) is 5.91 Å². The number of nitrogens with one attached hydrogen (secondary N) is 1. The maximum Gasteiger partial charge on any atom is 0.231 e. The van der Waals surface area contributed by atoms with Crippen molar-refractivity contribution in [2.75, 3.05) is 23.3 Å². The lowest BCUT2D eigenvalue weighted by Gasteiger charge is -2.39. The Balaban J connectivity index is 1.42. The van der Waals surface area contributed by atoms with Crippen LogP contribution in [-0.2, 0) is 4.79 Å². The molecule has 150 valence electrons. The van der Waals surface area contributed by atoms with E-state index < -0.39 is 0 Å². The van der Waals surface area contributed by atoms with Gasteiger partial charge < -0.3 is 10.2 Å². The minimum Gasteiger partial charge on any atom is -0.355 e. The Morgan fingerprint density at radius 3 is 2.52 bits per heavy atom. The van der Waals surface area contributed by atoms with E-state index in [1.165, 1.54) is 0 Å². The molecule has 0 radical (unpaired) electrons. The Hall–Kier alpha value is -3.22. The monoisotopic (exact) mass is 390 g/mol. The third-order valence-corrected chi connectivity index (χ3v) is 5.28. The third-order valence-electron chi connectivity index (χ3n) is 5.28. The Morgan fingerprint density at radius 1 is 1.10 bits per heavy atom. The molecule has 2 aromatic heterocycles. The summed E-state index contributed by atoms with van der Waals surface area (Å²) in [7, 11) is 0. The number of rotatable bonds is 5.